The van der Waals surface area contributed by atoms with Gasteiger partial charge in [0.05, 0.1) is 23.4 Å². The third-order valence-corrected chi connectivity index (χ3v) is 6.19. The first kappa shape index (κ1) is 27.7. The summed E-state index contributed by atoms with van der Waals surface area (Å²) in [6, 6.07) is 4.18. The number of alkyl halides is 3. The van der Waals surface area contributed by atoms with E-state index in [2.05, 4.69) is 4.98 Å². The van der Waals surface area contributed by atoms with Gasteiger partial charge >= 0.3 is 6.18 Å². The summed E-state index contributed by atoms with van der Waals surface area (Å²) in [6.07, 6.45) is -0.726. The van der Waals surface area contributed by atoms with Crippen molar-refractivity contribution in [3.63, 3.8) is 0 Å². The van der Waals surface area contributed by atoms with E-state index in [4.69, 9.17) is 14.2 Å². The highest BCUT2D eigenvalue weighted by Crippen LogP contribution is 2.44. The van der Waals surface area contributed by atoms with Crippen molar-refractivity contribution < 1.29 is 36.6 Å². The molecule has 198 valence electrons. The van der Waals surface area contributed by atoms with E-state index in [1.807, 2.05) is 13.8 Å². The Morgan fingerprint density at radius 2 is 1.86 bits per heavy atom. The van der Waals surface area contributed by atoms with Crippen LogP contribution in [-0.2, 0) is 15.7 Å². The zero-order valence-corrected chi connectivity index (χ0v) is 20.9. The van der Waals surface area contributed by atoms with Gasteiger partial charge in [-0.1, -0.05) is 0 Å². The van der Waals surface area contributed by atoms with E-state index >= 15 is 0 Å². The Labute approximate surface area is 208 Å². The first-order chi connectivity index (χ1) is 17.0. The largest absolute Gasteiger partial charge is 0.487 e. The van der Waals surface area contributed by atoms with Gasteiger partial charge in [-0.15, -0.1) is 0 Å². The van der Waals surface area contributed by atoms with E-state index in [-0.39, 0.29) is 30.1 Å². The lowest BCUT2D eigenvalue weighted by Crippen LogP contribution is -2.57. The number of rotatable bonds is 9. The van der Waals surface area contributed by atoms with Gasteiger partial charge < -0.3 is 19.1 Å². The molecule has 1 saturated heterocycles. The lowest BCUT2D eigenvalue weighted by Gasteiger charge is -2.49. The van der Waals surface area contributed by atoms with Gasteiger partial charge in [0.1, 0.15) is 11.9 Å². The van der Waals surface area contributed by atoms with Crippen LogP contribution in [0.2, 0.25) is 0 Å². The van der Waals surface area contributed by atoms with Crippen molar-refractivity contribution in [1.82, 2.24) is 9.88 Å². The number of piperidine rings is 1. The summed E-state index contributed by atoms with van der Waals surface area (Å²) < 4.78 is 70.6. The Morgan fingerprint density at radius 1 is 1.17 bits per heavy atom. The number of hydrogen-bond acceptors (Lipinski definition) is 5. The Kier molecular flexibility index (Phi) is 8.81. The number of halogens is 4. The summed E-state index contributed by atoms with van der Waals surface area (Å²) >= 11 is 0. The monoisotopic (exact) mass is 512 g/mol. The first-order valence-corrected chi connectivity index (χ1v) is 12.0. The number of aromatic nitrogens is 1. The number of pyridine rings is 1. The van der Waals surface area contributed by atoms with Crippen LogP contribution in [0.25, 0.3) is 0 Å². The highest BCUT2D eigenvalue weighted by molar-refractivity contribution is 5.79. The second-order valence-corrected chi connectivity index (χ2v) is 9.21. The smallest absolute Gasteiger partial charge is 0.416 e. The topological polar surface area (TPSA) is 60.9 Å². The summed E-state index contributed by atoms with van der Waals surface area (Å²) in [7, 11) is 0. The van der Waals surface area contributed by atoms with Crippen LogP contribution in [0.1, 0.15) is 64.2 Å². The lowest BCUT2D eigenvalue weighted by molar-refractivity contribution is -0.152. The van der Waals surface area contributed by atoms with E-state index in [0.717, 1.165) is 31.2 Å². The molecule has 2 heterocycles. The number of benzene rings is 1. The van der Waals surface area contributed by atoms with Crippen molar-refractivity contribution in [2.75, 3.05) is 19.8 Å². The standard InChI is InChI=1S/C26H32F4N2O4/c1-5-34-24(20-14-31-15-21(27)23(20)36-17(2)3)25(4)12-6-7-13-32(25)22(33)16-35-19-10-8-18(9-11-19)26(28,29)30/h8-11,14-15,17,24H,5-7,12-13,16H2,1-4H3. The number of nitrogens with zero attached hydrogens (tertiary/aromatic N) is 2. The molecule has 0 N–H and O–H groups in total. The fourth-order valence-corrected chi connectivity index (χ4v) is 4.54. The van der Waals surface area contributed by atoms with Crippen LogP contribution in [0.5, 0.6) is 11.5 Å². The maximum absolute atomic E-state index is 14.8. The van der Waals surface area contributed by atoms with Crippen LogP contribution >= 0.6 is 0 Å². The molecule has 1 amide bonds. The molecule has 0 aliphatic carbocycles. The van der Waals surface area contributed by atoms with Crippen molar-refractivity contribution in [1.29, 1.82) is 0 Å². The highest BCUT2D eigenvalue weighted by Gasteiger charge is 2.46. The van der Waals surface area contributed by atoms with Crippen LogP contribution in [-0.4, -0.2) is 47.2 Å². The maximum atomic E-state index is 14.8. The summed E-state index contributed by atoms with van der Waals surface area (Å²) in [4.78, 5) is 19.0. The minimum atomic E-state index is -4.46. The molecule has 1 aliphatic rings. The van der Waals surface area contributed by atoms with Gasteiger partial charge in [-0.2, -0.15) is 13.2 Å². The Bertz CT molecular complexity index is 1030. The number of amides is 1. The molecule has 3 rings (SSSR count). The van der Waals surface area contributed by atoms with Gasteiger partial charge in [0.25, 0.3) is 5.91 Å². The van der Waals surface area contributed by atoms with E-state index < -0.39 is 29.2 Å². The van der Waals surface area contributed by atoms with E-state index in [9.17, 15) is 22.4 Å². The molecule has 2 aromatic rings. The quantitative estimate of drug-likeness (QED) is 0.389. The molecule has 6 nitrogen and oxygen atoms in total. The number of hydrogen-bond donors (Lipinski definition) is 0. The number of carbonyl (C=O) groups excluding carboxylic acids is 1. The Balaban J connectivity index is 1.86. The van der Waals surface area contributed by atoms with Gasteiger partial charge in [0, 0.05) is 24.9 Å². The number of carbonyl (C=O) groups is 1. The predicted molar refractivity (Wildman–Crippen MR) is 125 cm³/mol. The fourth-order valence-electron chi connectivity index (χ4n) is 4.54. The van der Waals surface area contributed by atoms with Crippen molar-refractivity contribution in [2.45, 2.75) is 70.9 Å². The highest BCUT2D eigenvalue weighted by atomic mass is 19.4. The zero-order valence-electron chi connectivity index (χ0n) is 20.9. The van der Waals surface area contributed by atoms with Gasteiger partial charge in [-0.3, -0.25) is 9.78 Å². The SMILES string of the molecule is CCOC(c1cncc(F)c1OC(C)C)C1(C)CCCCN1C(=O)COc1ccc(C(F)(F)F)cc1. The van der Waals surface area contributed by atoms with Gasteiger partial charge in [-0.05, 0) is 71.2 Å². The number of ether oxygens (including phenoxy) is 3. The second-order valence-electron chi connectivity index (χ2n) is 9.21. The molecule has 0 saturated carbocycles. The van der Waals surface area contributed by atoms with Crippen LogP contribution in [0, 0.1) is 5.82 Å². The minimum absolute atomic E-state index is 0.0404. The molecule has 10 heteroatoms. The molecular weight excluding hydrogens is 480 g/mol. The molecule has 0 bridgehead atoms. The molecule has 36 heavy (non-hydrogen) atoms. The first-order valence-electron chi connectivity index (χ1n) is 12.0. The number of likely N-dealkylation sites (tertiary alicyclic amines) is 1. The average Bonchev–Trinajstić information content (AvgIpc) is 2.82. The molecule has 1 aromatic carbocycles. The zero-order chi connectivity index (χ0) is 26.5. The van der Waals surface area contributed by atoms with E-state index in [0.29, 0.717) is 25.1 Å². The fraction of sp³-hybridized carbons (Fsp3) is 0.538. The third kappa shape index (κ3) is 6.27. The van der Waals surface area contributed by atoms with Crippen LogP contribution in [0.3, 0.4) is 0 Å². The van der Waals surface area contributed by atoms with Gasteiger partial charge in [0.2, 0.25) is 0 Å². The summed E-state index contributed by atoms with van der Waals surface area (Å²) in [5.41, 5.74) is -1.25. The molecule has 2 unspecified atom stereocenters. The summed E-state index contributed by atoms with van der Waals surface area (Å²) in [5.74, 6) is -0.775. The molecule has 1 aromatic heterocycles. The van der Waals surface area contributed by atoms with Crippen LogP contribution in [0.15, 0.2) is 36.7 Å². The molecular formula is C26H32F4N2O4. The van der Waals surface area contributed by atoms with E-state index in [1.165, 1.54) is 18.3 Å². The van der Waals surface area contributed by atoms with Gasteiger partial charge in [0.15, 0.2) is 18.2 Å². The Morgan fingerprint density at radius 3 is 2.47 bits per heavy atom. The molecule has 1 aliphatic heterocycles. The van der Waals surface area contributed by atoms with Crippen LogP contribution in [0.4, 0.5) is 17.6 Å². The maximum Gasteiger partial charge on any atom is 0.416 e. The van der Waals surface area contributed by atoms with Crippen molar-refractivity contribution in [3.8, 4) is 11.5 Å². The molecule has 0 spiro atoms. The molecule has 1 fully saturated rings. The minimum Gasteiger partial charge on any atom is -0.487 e. The van der Waals surface area contributed by atoms with Gasteiger partial charge in [-0.25, -0.2) is 4.39 Å². The van der Waals surface area contributed by atoms with Crippen molar-refractivity contribution >= 4 is 5.91 Å². The third-order valence-electron chi connectivity index (χ3n) is 6.19. The average molecular weight is 513 g/mol. The van der Waals surface area contributed by atoms with Crippen molar-refractivity contribution in [2.24, 2.45) is 0 Å². The predicted octanol–water partition coefficient (Wildman–Crippen LogP) is 5.95. The van der Waals surface area contributed by atoms with E-state index in [1.54, 1.807) is 18.7 Å². The normalized spacial score (nSPS) is 19.3. The molecule has 2 atom stereocenters. The Hall–Kier alpha value is -2.88. The lowest BCUT2D eigenvalue weighted by atomic mass is 9.80. The summed E-state index contributed by atoms with van der Waals surface area (Å²) in [5, 5.41) is 0. The molecule has 0 radical (unpaired) electrons. The van der Waals surface area contributed by atoms with Crippen LogP contribution < -0.4 is 9.47 Å². The summed E-state index contributed by atoms with van der Waals surface area (Å²) in [6.45, 7) is 7.64. The van der Waals surface area contributed by atoms with Crippen molar-refractivity contribution in [3.05, 3.63) is 53.6 Å². The second kappa shape index (κ2) is 11.5.